The van der Waals surface area contributed by atoms with E-state index in [-0.39, 0.29) is 0 Å². The molecule has 0 aliphatic carbocycles. The van der Waals surface area contributed by atoms with Crippen LogP contribution in [-0.4, -0.2) is 16.3 Å². The van der Waals surface area contributed by atoms with Gasteiger partial charge in [-0.15, -0.1) is 11.3 Å². The van der Waals surface area contributed by atoms with Gasteiger partial charge >= 0.3 is 0 Å². The van der Waals surface area contributed by atoms with Crippen molar-refractivity contribution in [3.8, 4) is 5.75 Å². The lowest BCUT2D eigenvalue weighted by atomic mass is 10.2. The van der Waals surface area contributed by atoms with Crippen molar-refractivity contribution in [3.05, 3.63) is 33.8 Å². The number of nitrogens with one attached hydrogen (secondary N) is 1. The van der Waals surface area contributed by atoms with E-state index in [1.807, 2.05) is 24.6 Å². The molecular weight excluding hydrogens is 246 g/mol. The molecule has 0 bridgehead atoms. The average molecular weight is 265 g/mol. The molecule has 0 atom stereocenters. The van der Waals surface area contributed by atoms with Crippen LogP contribution in [0.4, 0.5) is 0 Å². The Morgan fingerprint density at radius 1 is 1.50 bits per heavy atom. The van der Waals surface area contributed by atoms with Gasteiger partial charge in [-0.25, -0.2) is 0 Å². The predicted octanol–water partition coefficient (Wildman–Crippen LogP) is 2.48. The highest BCUT2D eigenvalue weighted by Crippen LogP contribution is 2.23. The van der Waals surface area contributed by atoms with Crippen LogP contribution in [0, 0.1) is 6.92 Å². The molecule has 0 unspecified atom stereocenters. The van der Waals surface area contributed by atoms with Gasteiger partial charge in [-0.2, -0.15) is 5.10 Å². The number of aryl methyl sites for hydroxylation is 2. The summed E-state index contributed by atoms with van der Waals surface area (Å²) in [5.74, 6) is 0.816. The second-order valence-corrected chi connectivity index (χ2v) is 5.55. The topological polar surface area (TPSA) is 39.1 Å². The molecule has 2 heterocycles. The molecule has 2 aromatic rings. The molecule has 0 spiro atoms. The minimum Gasteiger partial charge on any atom is -0.486 e. The van der Waals surface area contributed by atoms with Gasteiger partial charge in [-0.05, 0) is 19.5 Å². The van der Waals surface area contributed by atoms with Gasteiger partial charge in [-0.1, -0.05) is 6.92 Å². The molecule has 0 aromatic carbocycles. The molecule has 1 N–H and O–H groups in total. The number of hydrogen-bond acceptors (Lipinski definition) is 4. The van der Waals surface area contributed by atoms with Gasteiger partial charge in [0.05, 0.1) is 12.4 Å². The van der Waals surface area contributed by atoms with E-state index in [9.17, 15) is 0 Å². The number of aromatic nitrogens is 2. The summed E-state index contributed by atoms with van der Waals surface area (Å²) >= 11 is 1.83. The standard InChI is InChI=1S/C13H19N3OS/c1-4-14-7-13-5-11(10(2)18-13)9-17-12-6-15-16(3)8-12/h5-6,8,14H,4,7,9H2,1-3H3. The zero-order chi connectivity index (χ0) is 13.0. The summed E-state index contributed by atoms with van der Waals surface area (Å²) in [6.45, 7) is 6.81. The first-order valence-corrected chi connectivity index (χ1v) is 6.91. The van der Waals surface area contributed by atoms with Crippen molar-refractivity contribution in [1.82, 2.24) is 15.1 Å². The van der Waals surface area contributed by atoms with E-state index in [1.165, 1.54) is 15.3 Å². The average Bonchev–Trinajstić information content (AvgIpc) is 2.90. The maximum atomic E-state index is 5.71. The smallest absolute Gasteiger partial charge is 0.157 e. The van der Waals surface area contributed by atoms with Gasteiger partial charge < -0.3 is 10.1 Å². The Balaban J connectivity index is 1.94. The van der Waals surface area contributed by atoms with Crippen LogP contribution in [0.1, 0.15) is 22.2 Å². The lowest BCUT2D eigenvalue weighted by Crippen LogP contribution is -2.10. The summed E-state index contributed by atoms with van der Waals surface area (Å²) in [6.07, 6.45) is 3.61. The summed E-state index contributed by atoms with van der Waals surface area (Å²) in [5.41, 5.74) is 1.26. The predicted molar refractivity (Wildman–Crippen MR) is 74.0 cm³/mol. The van der Waals surface area contributed by atoms with Gasteiger partial charge in [0.2, 0.25) is 0 Å². The van der Waals surface area contributed by atoms with E-state index in [4.69, 9.17) is 4.74 Å². The molecule has 0 saturated carbocycles. The number of nitrogens with zero attached hydrogens (tertiary/aromatic N) is 2. The molecule has 98 valence electrons. The lowest BCUT2D eigenvalue weighted by molar-refractivity contribution is 0.305. The molecule has 0 amide bonds. The van der Waals surface area contributed by atoms with E-state index in [0.29, 0.717) is 6.61 Å². The van der Waals surface area contributed by atoms with Gasteiger partial charge in [0, 0.05) is 28.9 Å². The zero-order valence-electron chi connectivity index (χ0n) is 11.1. The second-order valence-electron chi connectivity index (χ2n) is 4.21. The van der Waals surface area contributed by atoms with Gasteiger partial charge in [0.15, 0.2) is 5.75 Å². The van der Waals surface area contributed by atoms with Crippen molar-refractivity contribution < 1.29 is 4.74 Å². The van der Waals surface area contributed by atoms with E-state index in [2.05, 4.69) is 30.3 Å². The second kappa shape index (κ2) is 6.02. The minimum atomic E-state index is 0.611. The minimum absolute atomic E-state index is 0.611. The Morgan fingerprint density at radius 3 is 3.00 bits per heavy atom. The molecule has 0 radical (unpaired) electrons. The summed E-state index contributed by atoms with van der Waals surface area (Å²) < 4.78 is 7.46. The summed E-state index contributed by atoms with van der Waals surface area (Å²) in [7, 11) is 1.89. The van der Waals surface area contributed by atoms with E-state index < -0.39 is 0 Å². The molecular formula is C13H19N3OS. The van der Waals surface area contributed by atoms with Crippen molar-refractivity contribution in [2.75, 3.05) is 6.54 Å². The summed E-state index contributed by atoms with van der Waals surface area (Å²) in [4.78, 5) is 2.69. The Labute approximate surface area is 112 Å². The highest BCUT2D eigenvalue weighted by molar-refractivity contribution is 7.12. The SMILES string of the molecule is CCNCc1cc(COc2cnn(C)c2)c(C)s1. The summed E-state index contributed by atoms with van der Waals surface area (Å²) in [6, 6.07) is 2.22. The number of rotatable bonds is 6. The monoisotopic (exact) mass is 265 g/mol. The van der Waals surface area contributed by atoms with Crippen LogP contribution in [-0.2, 0) is 20.2 Å². The highest BCUT2D eigenvalue weighted by atomic mass is 32.1. The van der Waals surface area contributed by atoms with Crippen LogP contribution in [0.15, 0.2) is 18.5 Å². The van der Waals surface area contributed by atoms with Crippen molar-refractivity contribution in [1.29, 1.82) is 0 Å². The molecule has 0 saturated heterocycles. The molecule has 0 aliphatic rings. The van der Waals surface area contributed by atoms with Crippen LogP contribution in [0.3, 0.4) is 0 Å². The Bertz CT molecular complexity index is 504. The molecule has 4 nitrogen and oxygen atoms in total. The van der Waals surface area contributed by atoms with Crippen LogP contribution in [0.2, 0.25) is 0 Å². The van der Waals surface area contributed by atoms with Crippen LogP contribution >= 0.6 is 11.3 Å². The Kier molecular flexibility index (Phi) is 4.38. The first-order chi connectivity index (χ1) is 8.69. The van der Waals surface area contributed by atoms with Crippen LogP contribution in [0.25, 0.3) is 0 Å². The maximum Gasteiger partial charge on any atom is 0.157 e. The Morgan fingerprint density at radius 2 is 2.33 bits per heavy atom. The summed E-state index contributed by atoms with van der Waals surface area (Å²) in [5, 5.41) is 7.42. The fraction of sp³-hybridized carbons (Fsp3) is 0.462. The van der Waals surface area contributed by atoms with Crippen molar-refractivity contribution >= 4 is 11.3 Å². The van der Waals surface area contributed by atoms with Gasteiger partial charge in [0.1, 0.15) is 6.61 Å². The van der Waals surface area contributed by atoms with E-state index in [1.54, 1.807) is 10.9 Å². The van der Waals surface area contributed by atoms with Gasteiger partial charge in [0.25, 0.3) is 0 Å². The number of ether oxygens (including phenoxy) is 1. The quantitative estimate of drug-likeness (QED) is 0.872. The van der Waals surface area contributed by atoms with E-state index >= 15 is 0 Å². The van der Waals surface area contributed by atoms with Crippen LogP contribution < -0.4 is 10.1 Å². The molecule has 5 heteroatoms. The van der Waals surface area contributed by atoms with E-state index in [0.717, 1.165) is 18.8 Å². The largest absolute Gasteiger partial charge is 0.486 e. The van der Waals surface area contributed by atoms with Gasteiger partial charge in [-0.3, -0.25) is 4.68 Å². The Hall–Kier alpha value is -1.33. The molecule has 2 rings (SSSR count). The fourth-order valence-corrected chi connectivity index (χ4v) is 2.72. The van der Waals surface area contributed by atoms with Crippen LogP contribution in [0.5, 0.6) is 5.75 Å². The third kappa shape index (κ3) is 3.34. The lowest BCUT2D eigenvalue weighted by Gasteiger charge is -2.01. The molecule has 0 fully saturated rings. The first-order valence-electron chi connectivity index (χ1n) is 6.09. The number of thiophene rings is 1. The van der Waals surface area contributed by atoms with Crippen molar-refractivity contribution in [3.63, 3.8) is 0 Å². The first kappa shape index (κ1) is 13.1. The van der Waals surface area contributed by atoms with Crippen molar-refractivity contribution in [2.24, 2.45) is 7.05 Å². The highest BCUT2D eigenvalue weighted by Gasteiger charge is 2.06. The fourth-order valence-electron chi connectivity index (χ4n) is 1.70. The number of hydrogen-bond donors (Lipinski definition) is 1. The third-order valence-electron chi connectivity index (χ3n) is 2.70. The molecule has 2 aromatic heterocycles. The molecule has 0 aliphatic heterocycles. The normalized spacial score (nSPS) is 10.8. The van der Waals surface area contributed by atoms with Crippen molar-refractivity contribution in [2.45, 2.75) is 27.0 Å². The maximum absolute atomic E-state index is 5.71. The third-order valence-corrected chi connectivity index (χ3v) is 3.79. The molecule has 18 heavy (non-hydrogen) atoms. The zero-order valence-corrected chi connectivity index (χ0v) is 11.9.